The zero-order chi connectivity index (χ0) is 7.56. The highest BCUT2D eigenvalue weighted by molar-refractivity contribution is 5.25. The SMILES string of the molecule is C[C+](F)c1ccc(F)cc1. The summed E-state index contributed by atoms with van der Waals surface area (Å²) in [5.74, 6) is -0.343. The van der Waals surface area contributed by atoms with Crippen LogP contribution in [-0.2, 0) is 0 Å². The molecule has 0 aliphatic heterocycles. The van der Waals surface area contributed by atoms with Crippen LogP contribution in [0.1, 0.15) is 12.5 Å². The number of benzene rings is 1. The first-order valence-corrected chi connectivity index (χ1v) is 2.95. The van der Waals surface area contributed by atoms with E-state index in [2.05, 4.69) is 0 Å². The number of halogens is 2. The molecule has 0 radical (unpaired) electrons. The molecule has 0 aromatic heterocycles. The Morgan fingerprint density at radius 1 is 1.20 bits per heavy atom. The number of hydrogen-bond donors (Lipinski definition) is 0. The molecule has 0 amide bonds. The van der Waals surface area contributed by atoms with E-state index in [9.17, 15) is 8.78 Å². The topological polar surface area (TPSA) is 0 Å². The summed E-state index contributed by atoms with van der Waals surface area (Å²) in [5.41, 5.74) is 0.432. The van der Waals surface area contributed by atoms with Crippen molar-refractivity contribution >= 4 is 0 Å². The van der Waals surface area contributed by atoms with Crippen LogP contribution >= 0.6 is 0 Å². The van der Waals surface area contributed by atoms with Crippen molar-refractivity contribution in [3.63, 3.8) is 0 Å². The molecular weight excluding hydrogens is 134 g/mol. The number of rotatable bonds is 1. The van der Waals surface area contributed by atoms with Crippen LogP contribution in [-0.4, -0.2) is 0 Å². The van der Waals surface area contributed by atoms with Gasteiger partial charge < -0.3 is 0 Å². The van der Waals surface area contributed by atoms with Crippen LogP contribution < -0.4 is 0 Å². The molecule has 10 heavy (non-hydrogen) atoms. The van der Waals surface area contributed by atoms with Gasteiger partial charge in [0.2, 0.25) is 6.17 Å². The van der Waals surface area contributed by atoms with Crippen LogP contribution in [0.5, 0.6) is 0 Å². The van der Waals surface area contributed by atoms with E-state index < -0.39 is 0 Å². The molecule has 0 aliphatic rings. The third-order valence-electron chi connectivity index (χ3n) is 1.24. The summed E-state index contributed by atoms with van der Waals surface area (Å²) in [6, 6.07) is 5.28. The molecule has 52 valence electrons. The van der Waals surface area contributed by atoms with E-state index in [4.69, 9.17) is 0 Å². The lowest BCUT2D eigenvalue weighted by Gasteiger charge is -1.88. The summed E-state index contributed by atoms with van der Waals surface area (Å²) >= 11 is 0. The Morgan fingerprint density at radius 3 is 2.10 bits per heavy atom. The van der Waals surface area contributed by atoms with Crippen LogP contribution in [0, 0.1) is 12.0 Å². The van der Waals surface area contributed by atoms with Gasteiger partial charge in [0.25, 0.3) is 0 Å². The van der Waals surface area contributed by atoms with Crippen molar-refractivity contribution in [2.24, 2.45) is 0 Å². The maximum atomic E-state index is 12.4. The van der Waals surface area contributed by atoms with E-state index in [1.165, 1.54) is 31.2 Å². The second-order valence-electron chi connectivity index (χ2n) is 2.04. The van der Waals surface area contributed by atoms with E-state index in [0.29, 0.717) is 5.56 Å². The standard InChI is InChI=1S/C8H7F2/c1-6(9)7-2-4-8(10)5-3-7/h2-5H,1H3/q+1. The Bertz CT molecular complexity index is 201. The molecule has 0 nitrogen and oxygen atoms in total. The van der Waals surface area contributed by atoms with Crippen molar-refractivity contribution in [1.82, 2.24) is 0 Å². The minimum absolute atomic E-state index is 0.292. The summed E-state index contributed by atoms with van der Waals surface area (Å²) in [6.07, 6.45) is -0.292. The van der Waals surface area contributed by atoms with Crippen molar-refractivity contribution in [3.05, 3.63) is 41.8 Å². The Labute approximate surface area is 58.5 Å². The summed E-state index contributed by atoms with van der Waals surface area (Å²) in [6.45, 7) is 1.34. The van der Waals surface area contributed by atoms with Gasteiger partial charge in [-0.05, 0) is 0 Å². The fourth-order valence-electron chi connectivity index (χ4n) is 0.680. The average molecular weight is 141 g/mol. The van der Waals surface area contributed by atoms with Crippen molar-refractivity contribution in [2.45, 2.75) is 6.92 Å². The van der Waals surface area contributed by atoms with E-state index in [1.807, 2.05) is 0 Å². The predicted molar refractivity (Wildman–Crippen MR) is 35.5 cm³/mol. The van der Waals surface area contributed by atoms with Crippen molar-refractivity contribution in [2.75, 3.05) is 0 Å². The molecular formula is C8H7F2+. The van der Waals surface area contributed by atoms with E-state index >= 15 is 0 Å². The zero-order valence-corrected chi connectivity index (χ0v) is 5.57. The molecule has 0 N–H and O–H groups in total. The van der Waals surface area contributed by atoms with Crippen molar-refractivity contribution < 1.29 is 8.78 Å². The zero-order valence-electron chi connectivity index (χ0n) is 5.57. The fraction of sp³-hybridized carbons (Fsp3) is 0.125. The van der Waals surface area contributed by atoms with Crippen molar-refractivity contribution in [3.8, 4) is 0 Å². The summed E-state index contributed by atoms with van der Waals surface area (Å²) in [7, 11) is 0. The molecule has 2 heteroatoms. The highest BCUT2D eigenvalue weighted by Gasteiger charge is 2.11. The average Bonchev–Trinajstić information content (AvgIpc) is 1.88. The number of hydrogen-bond acceptors (Lipinski definition) is 0. The molecule has 0 aliphatic carbocycles. The fourth-order valence-corrected chi connectivity index (χ4v) is 0.680. The van der Waals surface area contributed by atoms with Gasteiger partial charge in [0, 0.05) is 19.1 Å². The lowest BCUT2D eigenvalue weighted by atomic mass is 10.1. The van der Waals surface area contributed by atoms with Gasteiger partial charge in [0.05, 0.1) is 12.1 Å². The van der Waals surface area contributed by atoms with Gasteiger partial charge in [-0.15, -0.1) is 4.39 Å². The summed E-state index contributed by atoms with van der Waals surface area (Å²) < 4.78 is 24.6. The summed E-state index contributed by atoms with van der Waals surface area (Å²) in [4.78, 5) is 0. The molecule has 0 bridgehead atoms. The quantitative estimate of drug-likeness (QED) is 0.527. The predicted octanol–water partition coefficient (Wildman–Crippen LogP) is 2.70. The van der Waals surface area contributed by atoms with Gasteiger partial charge in [-0.2, -0.15) is 0 Å². The van der Waals surface area contributed by atoms with E-state index in [-0.39, 0.29) is 12.0 Å². The molecule has 0 heterocycles. The molecule has 1 rings (SSSR count). The molecule has 0 unspecified atom stereocenters. The van der Waals surface area contributed by atoms with Crippen LogP contribution in [0.3, 0.4) is 0 Å². The lowest BCUT2D eigenvalue weighted by molar-refractivity contribution is 0.544. The monoisotopic (exact) mass is 141 g/mol. The van der Waals surface area contributed by atoms with Gasteiger partial charge in [0.1, 0.15) is 5.82 Å². The molecule has 0 atom stereocenters. The molecule has 0 saturated carbocycles. The van der Waals surface area contributed by atoms with Gasteiger partial charge in [0.15, 0.2) is 5.56 Å². The van der Waals surface area contributed by atoms with Crippen LogP contribution in [0.2, 0.25) is 0 Å². The second kappa shape index (κ2) is 2.69. The largest absolute Gasteiger partial charge is 0.211 e. The Morgan fingerprint density at radius 2 is 1.70 bits per heavy atom. The van der Waals surface area contributed by atoms with E-state index in [0.717, 1.165) is 0 Å². The Hall–Kier alpha value is -1.05. The van der Waals surface area contributed by atoms with Gasteiger partial charge in [-0.3, -0.25) is 0 Å². The molecule has 1 aromatic rings. The normalized spacial score (nSPS) is 9.50. The summed E-state index contributed by atoms with van der Waals surface area (Å²) in [5, 5.41) is 0. The maximum absolute atomic E-state index is 12.4. The van der Waals surface area contributed by atoms with Gasteiger partial charge in [-0.1, -0.05) is 0 Å². The minimum atomic E-state index is -0.343. The lowest BCUT2D eigenvalue weighted by Crippen LogP contribution is -1.85. The minimum Gasteiger partial charge on any atom is -0.204 e. The second-order valence-corrected chi connectivity index (χ2v) is 2.04. The molecule has 1 aromatic carbocycles. The Kier molecular flexibility index (Phi) is 1.90. The molecule has 0 spiro atoms. The molecule has 0 fully saturated rings. The van der Waals surface area contributed by atoms with Crippen LogP contribution in [0.25, 0.3) is 0 Å². The van der Waals surface area contributed by atoms with Gasteiger partial charge >= 0.3 is 0 Å². The first-order chi connectivity index (χ1) is 4.70. The first kappa shape index (κ1) is 7.06. The first-order valence-electron chi connectivity index (χ1n) is 2.95. The molecule has 0 saturated heterocycles. The van der Waals surface area contributed by atoms with Gasteiger partial charge in [-0.25, -0.2) is 4.39 Å². The van der Waals surface area contributed by atoms with Crippen LogP contribution in [0.15, 0.2) is 24.3 Å². The van der Waals surface area contributed by atoms with Crippen molar-refractivity contribution in [1.29, 1.82) is 0 Å². The maximum Gasteiger partial charge on any atom is 0.211 e. The Balaban J connectivity index is 2.89. The third kappa shape index (κ3) is 1.47. The van der Waals surface area contributed by atoms with Crippen LogP contribution in [0.4, 0.5) is 8.78 Å². The highest BCUT2D eigenvalue weighted by atomic mass is 19.1. The smallest absolute Gasteiger partial charge is 0.204 e. The van der Waals surface area contributed by atoms with E-state index in [1.54, 1.807) is 0 Å². The highest BCUT2D eigenvalue weighted by Crippen LogP contribution is 2.14. The third-order valence-corrected chi connectivity index (χ3v) is 1.24.